The first kappa shape index (κ1) is 17.9. The van der Waals surface area contributed by atoms with Crippen LogP contribution in [0.2, 0.25) is 0 Å². The highest BCUT2D eigenvalue weighted by Gasteiger charge is 2.53. The SMILES string of the molecule is CN1CCC[C@]2(C(=O)O)CCN(S(=O)(=O)c3cccc(C#N)c3)C[C@@H]12. The van der Waals surface area contributed by atoms with Crippen LogP contribution in [-0.2, 0) is 14.8 Å². The molecule has 3 rings (SSSR count). The lowest BCUT2D eigenvalue weighted by Gasteiger charge is -2.51. The van der Waals surface area contributed by atoms with Crippen molar-refractivity contribution in [3.8, 4) is 6.07 Å². The van der Waals surface area contributed by atoms with Gasteiger partial charge in [0.05, 0.1) is 21.9 Å². The average molecular weight is 363 g/mol. The second-order valence-corrected chi connectivity index (χ2v) is 8.75. The molecule has 134 valence electrons. The number of likely N-dealkylation sites (N-methyl/N-ethyl adjacent to an activating group) is 1. The number of likely N-dealkylation sites (tertiary alicyclic amines) is 1. The summed E-state index contributed by atoms with van der Waals surface area (Å²) in [5, 5.41) is 18.8. The quantitative estimate of drug-likeness (QED) is 0.863. The Morgan fingerprint density at radius 1 is 1.36 bits per heavy atom. The zero-order valence-corrected chi connectivity index (χ0v) is 14.9. The van der Waals surface area contributed by atoms with E-state index in [9.17, 15) is 18.3 Å². The molecule has 0 saturated carbocycles. The largest absolute Gasteiger partial charge is 0.481 e. The summed E-state index contributed by atoms with van der Waals surface area (Å²) in [5.41, 5.74) is -0.596. The van der Waals surface area contributed by atoms with Crippen LogP contribution >= 0.6 is 0 Å². The molecule has 0 bridgehead atoms. The number of nitriles is 1. The second kappa shape index (κ2) is 6.41. The lowest BCUT2D eigenvalue weighted by atomic mass is 9.69. The van der Waals surface area contributed by atoms with E-state index in [1.165, 1.54) is 16.4 Å². The Morgan fingerprint density at radius 2 is 2.12 bits per heavy atom. The molecule has 25 heavy (non-hydrogen) atoms. The molecule has 0 aromatic heterocycles. The van der Waals surface area contributed by atoms with Gasteiger partial charge < -0.3 is 10.0 Å². The van der Waals surface area contributed by atoms with Gasteiger partial charge in [-0.05, 0) is 51.1 Å². The lowest BCUT2D eigenvalue weighted by molar-refractivity contribution is -0.160. The number of hydrogen-bond acceptors (Lipinski definition) is 5. The van der Waals surface area contributed by atoms with Crippen molar-refractivity contribution in [1.82, 2.24) is 9.21 Å². The third-order valence-corrected chi connectivity index (χ3v) is 7.38. The first-order valence-corrected chi connectivity index (χ1v) is 9.69. The maximum atomic E-state index is 13.0. The Labute approximate surface area is 147 Å². The van der Waals surface area contributed by atoms with Gasteiger partial charge in [0.25, 0.3) is 0 Å². The molecule has 0 radical (unpaired) electrons. The summed E-state index contributed by atoms with van der Waals surface area (Å²) in [4.78, 5) is 14.0. The summed E-state index contributed by atoms with van der Waals surface area (Å²) in [5.74, 6) is -0.840. The number of piperidine rings is 2. The fourth-order valence-electron chi connectivity index (χ4n) is 4.05. The van der Waals surface area contributed by atoms with E-state index in [0.717, 1.165) is 13.0 Å². The molecule has 0 unspecified atom stereocenters. The van der Waals surface area contributed by atoms with E-state index in [-0.39, 0.29) is 29.6 Å². The Balaban J connectivity index is 1.92. The minimum atomic E-state index is -3.76. The number of benzene rings is 1. The van der Waals surface area contributed by atoms with Gasteiger partial charge in [0.1, 0.15) is 0 Å². The van der Waals surface area contributed by atoms with Gasteiger partial charge in [-0.15, -0.1) is 0 Å². The number of carboxylic acid groups (broad SMARTS) is 1. The maximum absolute atomic E-state index is 13.0. The molecule has 0 amide bonds. The van der Waals surface area contributed by atoms with E-state index >= 15 is 0 Å². The average Bonchev–Trinajstić information content (AvgIpc) is 2.61. The third kappa shape index (κ3) is 2.92. The summed E-state index contributed by atoms with van der Waals surface area (Å²) in [6.07, 6.45) is 1.68. The number of nitrogens with zero attached hydrogens (tertiary/aromatic N) is 3. The van der Waals surface area contributed by atoms with E-state index < -0.39 is 21.4 Å². The van der Waals surface area contributed by atoms with E-state index in [4.69, 9.17) is 5.26 Å². The van der Waals surface area contributed by atoms with Gasteiger partial charge in [-0.25, -0.2) is 8.42 Å². The summed E-state index contributed by atoms with van der Waals surface area (Å²) in [6, 6.07) is 7.53. The van der Waals surface area contributed by atoms with Crippen LogP contribution in [0.3, 0.4) is 0 Å². The molecule has 2 fully saturated rings. The highest BCUT2D eigenvalue weighted by Crippen LogP contribution is 2.43. The number of fused-ring (bicyclic) bond motifs is 1. The van der Waals surface area contributed by atoms with Gasteiger partial charge in [0.2, 0.25) is 10.0 Å². The molecule has 2 aliphatic rings. The minimum Gasteiger partial charge on any atom is -0.481 e. The standard InChI is InChI=1S/C17H21N3O4S/c1-19-8-3-6-17(16(21)22)7-9-20(12-15(17)19)25(23,24)14-5-2-4-13(10-14)11-18/h2,4-5,10,15H,3,6-9,12H2,1H3,(H,21,22)/t15-,17+/m1/s1. The fourth-order valence-corrected chi connectivity index (χ4v) is 5.55. The van der Waals surface area contributed by atoms with Gasteiger partial charge in [0.15, 0.2) is 0 Å². The minimum absolute atomic E-state index is 0.0767. The summed E-state index contributed by atoms with van der Waals surface area (Å²) >= 11 is 0. The normalized spacial score (nSPS) is 28.1. The van der Waals surface area contributed by atoms with Crippen molar-refractivity contribution in [3.63, 3.8) is 0 Å². The molecular weight excluding hydrogens is 342 g/mol. The van der Waals surface area contributed by atoms with Gasteiger partial charge in [-0.1, -0.05) is 6.07 Å². The van der Waals surface area contributed by atoms with Crippen molar-refractivity contribution in [2.24, 2.45) is 5.41 Å². The third-order valence-electron chi connectivity index (χ3n) is 5.51. The number of carbonyl (C=O) groups is 1. The first-order valence-electron chi connectivity index (χ1n) is 8.25. The number of carboxylic acids is 1. The maximum Gasteiger partial charge on any atom is 0.311 e. The Bertz CT molecular complexity index is 833. The van der Waals surface area contributed by atoms with Crippen molar-refractivity contribution in [1.29, 1.82) is 5.26 Å². The van der Waals surface area contributed by atoms with Crippen molar-refractivity contribution >= 4 is 16.0 Å². The molecular formula is C17H21N3O4S. The molecule has 1 N–H and O–H groups in total. The zero-order valence-electron chi connectivity index (χ0n) is 14.1. The topological polar surface area (TPSA) is 102 Å². The molecule has 0 spiro atoms. The van der Waals surface area contributed by atoms with E-state index in [1.807, 2.05) is 18.0 Å². The Morgan fingerprint density at radius 3 is 2.80 bits per heavy atom. The van der Waals surface area contributed by atoms with Crippen LogP contribution in [0.5, 0.6) is 0 Å². The molecule has 8 heteroatoms. The molecule has 2 heterocycles. The van der Waals surface area contributed by atoms with Gasteiger partial charge in [0, 0.05) is 19.1 Å². The van der Waals surface area contributed by atoms with E-state index in [1.54, 1.807) is 12.1 Å². The molecule has 2 atom stereocenters. The Hall–Kier alpha value is -1.95. The van der Waals surface area contributed by atoms with Crippen molar-refractivity contribution in [2.75, 3.05) is 26.7 Å². The highest BCUT2D eigenvalue weighted by molar-refractivity contribution is 7.89. The van der Waals surface area contributed by atoms with Crippen molar-refractivity contribution in [3.05, 3.63) is 29.8 Å². The van der Waals surface area contributed by atoms with Crippen LogP contribution in [0.4, 0.5) is 0 Å². The highest BCUT2D eigenvalue weighted by atomic mass is 32.2. The number of hydrogen-bond donors (Lipinski definition) is 1. The van der Waals surface area contributed by atoms with Crippen molar-refractivity contribution < 1.29 is 18.3 Å². The summed E-state index contributed by atoms with van der Waals surface area (Å²) in [6.45, 7) is 1.09. The van der Waals surface area contributed by atoms with Gasteiger partial charge in [-0.2, -0.15) is 9.57 Å². The van der Waals surface area contributed by atoms with Crippen LogP contribution in [0, 0.1) is 16.7 Å². The zero-order chi connectivity index (χ0) is 18.2. The summed E-state index contributed by atoms with van der Waals surface area (Å²) < 4.78 is 27.3. The van der Waals surface area contributed by atoms with E-state index in [2.05, 4.69) is 0 Å². The number of rotatable bonds is 3. The van der Waals surface area contributed by atoms with Crippen LogP contribution in [0.15, 0.2) is 29.2 Å². The van der Waals surface area contributed by atoms with Crippen LogP contribution in [-0.4, -0.2) is 61.4 Å². The van der Waals surface area contributed by atoms with Crippen LogP contribution in [0.25, 0.3) is 0 Å². The predicted molar refractivity (Wildman–Crippen MR) is 90.3 cm³/mol. The first-order chi connectivity index (χ1) is 11.8. The Kier molecular flexibility index (Phi) is 4.58. The molecule has 1 aromatic rings. The van der Waals surface area contributed by atoms with Crippen LogP contribution < -0.4 is 0 Å². The lowest BCUT2D eigenvalue weighted by Crippen LogP contribution is -2.63. The number of aliphatic carboxylic acids is 1. The second-order valence-electron chi connectivity index (χ2n) is 6.81. The smallest absolute Gasteiger partial charge is 0.311 e. The molecule has 2 saturated heterocycles. The monoisotopic (exact) mass is 363 g/mol. The van der Waals surface area contributed by atoms with E-state index in [0.29, 0.717) is 12.8 Å². The van der Waals surface area contributed by atoms with Crippen molar-refractivity contribution in [2.45, 2.75) is 30.2 Å². The number of sulfonamides is 1. The molecule has 2 aliphatic heterocycles. The molecule has 7 nitrogen and oxygen atoms in total. The summed E-state index contributed by atoms with van der Waals surface area (Å²) in [7, 11) is -1.90. The van der Waals surface area contributed by atoms with Crippen LogP contribution in [0.1, 0.15) is 24.8 Å². The fraction of sp³-hybridized carbons (Fsp3) is 0.529. The predicted octanol–water partition coefficient (Wildman–Crippen LogP) is 1.12. The molecule has 1 aromatic carbocycles. The van der Waals surface area contributed by atoms with Gasteiger partial charge >= 0.3 is 5.97 Å². The molecule has 0 aliphatic carbocycles. The van der Waals surface area contributed by atoms with Gasteiger partial charge in [-0.3, -0.25) is 4.79 Å².